The summed E-state index contributed by atoms with van der Waals surface area (Å²) in [7, 11) is 0. The maximum absolute atomic E-state index is 5.63. The molecule has 0 amide bonds. The van der Waals surface area contributed by atoms with Gasteiger partial charge in [0.25, 0.3) is 0 Å². The highest BCUT2D eigenvalue weighted by molar-refractivity contribution is 9.11. The van der Waals surface area contributed by atoms with E-state index in [1.807, 2.05) is 25.1 Å². The highest BCUT2D eigenvalue weighted by Gasteiger charge is 1.98. The van der Waals surface area contributed by atoms with Crippen LogP contribution in [0.25, 0.3) is 0 Å². The Morgan fingerprint density at radius 2 is 2.15 bits per heavy atom. The van der Waals surface area contributed by atoms with Crippen molar-refractivity contribution in [3.05, 3.63) is 27.1 Å². The van der Waals surface area contributed by atoms with Crippen molar-refractivity contribution in [2.75, 3.05) is 0 Å². The first kappa shape index (κ1) is 10.7. The van der Waals surface area contributed by atoms with Crippen LogP contribution in [0.1, 0.15) is 13.3 Å². The Bertz CT molecular complexity index is 334. The van der Waals surface area contributed by atoms with E-state index < -0.39 is 0 Å². The molecule has 13 heavy (non-hydrogen) atoms. The van der Waals surface area contributed by atoms with Crippen LogP contribution in [0.2, 0.25) is 0 Å². The van der Waals surface area contributed by atoms with Gasteiger partial charge in [0.2, 0.25) is 0 Å². The van der Waals surface area contributed by atoms with Crippen molar-refractivity contribution in [1.29, 1.82) is 0 Å². The Kier molecular flexibility index (Phi) is 3.93. The molecule has 0 heterocycles. The zero-order chi connectivity index (χ0) is 9.84. The lowest BCUT2D eigenvalue weighted by atomic mass is 10.3. The third-order valence-electron chi connectivity index (χ3n) is 1.54. The predicted molar refractivity (Wildman–Crippen MR) is 63.4 cm³/mol. The Hall–Kier alpha value is -0.350. The van der Waals surface area contributed by atoms with Crippen LogP contribution in [-0.2, 0) is 0 Å². The van der Waals surface area contributed by atoms with Crippen LogP contribution in [-0.4, -0.2) is 5.84 Å². The molecule has 0 radical (unpaired) electrons. The minimum absolute atomic E-state index is 0.642. The first-order valence-corrected chi connectivity index (χ1v) is 5.50. The molecule has 0 aliphatic carbocycles. The van der Waals surface area contributed by atoms with Crippen molar-refractivity contribution < 1.29 is 0 Å². The van der Waals surface area contributed by atoms with Gasteiger partial charge >= 0.3 is 0 Å². The molecular formula is C9H10Br2N2. The lowest BCUT2D eigenvalue weighted by Crippen LogP contribution is -2.08. The summed E-state index contributed by atoms with van der Waals surface area (Å²) in [6.07, 6.45) is 0.766. The van der Waals surface area contributed by atoms with E-state index >= 15 is 0 Å². The fourth-order valence-electron chi connectivity index (χ4n) is 0.806. The molecule has 0 spiro atoms. The van der Waals surface area contributed by atoms with Crippen molar-refractivity contribution in [3.63, 3.8) is 0 Å². The van der Waals surface area contributed by atoms with Crippen LogP contribution < -0.4 is 5.73 Å². The number of aliphatic imine (C=N–C) groups is 1. The molecule has 0 fully saturated rings. The molecule has 0 bridgehead atoms. The Labute approximate surface area is 94.5 Å². The summed E-state index contributed by atoms with van der Waals surface area (Å²) in [5.74, 6) is 0.642. The van der Waals surface area contributed by atoms with Gasteiger partial charge < -0.3 is 5.73 Å². The highest BCUT2D eigenvalue weighted by Crippen LogP contribution is 2.28. The quantitative estimate of drug-likeness (QED) is 0.658. The zero-order valence-corrected chi connectivity index (χ0v) is 10.4. The smallest absolute Gasteiger partial charge is 0.0994 e. The second kappa shape index (κ2) is 4.77. The summed E-state index contributed by atoms with van der Waals surface area (Å²) in [5.41, 5.74) is 6.49. The van der Waals surface area contributed by atoms with Gasteiger partial charge in [-0.25, -0.2) is 4.99 Å². The summed E-state index contributed by atoms with van der Waals surface area (Å²) in [6, 6.07) is 5.80. The number of benzene rings is 1. The zero-order valence-electron chi connectivity index (χ0n) is 7.22. The number of rotatable bonds is 2. The van der Waals surface area contributed by atoms with Crippen LogP contribution in [0.5, 0.6) is 0 Å². The highest BCUT2D eigenvalue weighted by atomic mass is 79.9. The van der Waals surface area contributed by atoms with Crippen LogP contribution in [0.15, 0.2) is 32.1 Å². The number of hydrogen-bond donors (Lipinski definition) is 1. The summed E-state index contributed by atoms with van der Waals surface area (Å²) < 4.78 is 1.96. The molecule has 0 aliphatic heterocycles. The number of amidine groups is 1. The molecule has 1 aromatic rings. The maximum atomic E-state index is 5.63. The largest absolute Gasteiger partial charge is 0.387 e. The fraction of sp³-hybridized carbons (Fsp3) is 0.222. The van der Waals surface area contributed by atoms with Gasteiger partial charge in [0.1, 0.15) is 0 Å². The van der Waals surface area contributed by atoms with Crippen molar-refractivity contribution >= 4 is 43.4 Å². The van der Waals surface area contributed by atoms with Crippen molar-refractivity contribution in [2.24, 2.45) is 10.7 Å². The monoisotopic (exact) mass is 304 g/mol. The minimum atomic E-state index is 0.642. The van der Waals surface area contributed by atoms with Gasteiger partial charge in [0.05, 0.1) is 11.5 Å². The third kappa shape index (κ3) is 3.12. The number of halogens is 2. The molecule has 2 nitrogen and oxygen atoms in total. The minimum Gasteiger partial charge on any atom is -0.387 e. The molecule has 0 saturated heterocycles. The number of nitrogens with two attached hydrogens (primary N) is 1. The van der Waals surface area contributed by atoms with Crippen LogP contribution >= 0.6 is 31.9 Å². The lowest BCUT2D eigenvalue weighted by molar-refractivity contribution is 1.23. The van der Waals surface area contributed by atoms with E-state index in [-0.39, 0.29) is 0 Å². The average molecular weight is 306 g/mol. The maximum Gasteiger partial charge on any atom is 0.0994 e. The Balaban J connectivity index is 3.03. The summed E-state index contributed by atoms with van der Waals surface area (Å²) in [4.78, 5) is 4.24. The molecule has 1 rings (SSSR count). The van der Waals surface area contributed by atoms with Gasteiger partial charge in [-0.1, -0.05) is 22.9 Å². The molecule has 70 valence electrons. The van der Waals surface area contributed by atoms with E-state index in [1.54, 1.807) is 0 Å². The Morgan fingerprint density at radius 3 is 2.69 bits per heavy atom. The van der Waals surface area contributed by atoms with E-state index in [9.17, 15) is 0 Å². The van der Waals surface area contributed by atoms with Gasteiger partial charge in [0, 0.05) is 15.4 Å². The lowest BCUT2D eigenvalue weighted by Gasteiger charge is -2.00. The number of nitrogens with zero attached hydrogens (tertiary/aromatic N) is 1. The van der Waals surface area contributed by atoms with Gasteiger partial charge in [-0.3, -0.25) is 0 Å². The van der Waals surface area contributed by atoms with E-state index in [2.05, 4.69) is 36.9 Å². The third-order valence-corrected chi connectivity index (χ3v) is 2.66. The van der Waals surface area contributed by atoms with E-state index in [1.165, 1.54) is 0 Å². The molecule has 2 N–H and O–H groups in total. The van der Waals surface area contributed by atoms with Crippen LogP contribution in [0.3, 0.4) is 0 Å². The number of hydrogen-bond acceptors (Lipinski definition) is 1. The molecule has 1 aromatic carbocycles. The molecule has 0 aliphatic rings. The predicted octanol–water partition coefficient (Wildman–Crippen LogP) is 3.61. The van der Waals surface area contributed by atoms with Gasteiger partial charge in [-0.15, -0.1) is 0 Å². The topological polar surface area (TPSA) is 38.4 Å². The summed E-state index contributed by atoms with van der Waals surface area (Å²) in [5, 5.41) is 0. The van der Waals surface area contributed by atoms with Crippen molar-refractivity contribution in [1.82, 2.24) is 0 Å². The van der Waals surface area contributed by atoms with E-state index in [4.69, 9.17) is 5.73 Å². The average Bonchev–Trinajstić information content (AvgIpc) is 2.09. The summed E-state index contributed by atoms with van der Waals surface area (Å²) in [6.45, 7) is 1.98. The first-order valence-electron chi connectivity index (χ1n) is 3.91. The molecule has 0 unspecified atom stereocenters. The molecule has 0 atom stereocenters. The van der Waals surface area contributed by atoms with E-state index in [0.29, 0.717) is 5.84 Å². The second-order valence-electron chi connectivity index (χ2n) is 2.55. The van der Waals surface area contributed by atoms with Crippen molar-refractivity contribution in [3.8, 4) is 0 Å². The van der Waals surface area contributed by atoms with Gasteiger partial charge in [0.15, 0.2) is 0 Å². The second-order valence-corrected chi connectivity index (χ2v) is 4.32. The fourth-order valence-corrected chi connectivity index (χ4v) is 1.94. The molecule has 0 saturated carbocycles. The Morgan fingerprint density at radius 1 is 1.46 bits per heavy atom. The van der Waals surface area contributed by atoms with E-state index in [0.717, 1.165) is 21.1 Å². The van der Waals surface area contributed by atoms with Gasteiger partial charge in [-0.2, -0.15) is 0 Å². The van der Waals surface area contributed by atoms with Crippen LogP contribution in [0, 0.1) is 0 Å². The molecule has 4 heteroatoms. The first-order chi connectivity index (χ1) is 6.13. The molecule has 0 aromatic heterocycles. The SMILES string of the molecule is CCC(N)=Nc1ccc(Br)cc1Br. The summed E-state index contributed by atoms with van der Waals surface area (Å²) >= 11 is 6.78. The standard InChI is InChI=1S/C9H10Br2N2/c1-2-9(12)13-8-4-3-6(10)5-7(8)11/h3-5H,2H2,1H3,(H2,12,13). The van der Waals surface area contributed by atoms with Gasteiger partial charge in [-0.05, 0) is 34.1 Å². The molecular weight excluding hydrogens is 296 g/mol. The van der Waals surface area contributed by atoms with Crippen molar-refractivity contribution in [2.45, 2.75) is 13.3 Å². The van der Waals surface area contributed by atoms with Crippen LogP contribution in [0.4, 0.5) is 5.69 Å². The normalized spacial score (nSPS) is 11.8.